The van der Waals surface area contributed by atoms with Crippen LogP contribution in [0, 0.1) is 5.92 Å². The zero-order valence-corrected chi connectivity index (χ0v) is 13.1. The van der Waals surface area contributed by atoms with E-state index < -0.39 is 5.97 Å². The highest BCUT2D eigenvalue weighted by molar-refractivity contribution is 7.09. The monoisotopic (exact) mass is 324 g/mol. The first-order chi connectivity index (χ1) is 10.6. The summed E-state index contributed by atoms with van der Waals surface area (Å²) in [4.78, 5) is 27.5. The van der Waals surface area contributed by atoms with Gasteiger partial charge in [-0.25, -0.2) is 4.98 Å². The number of carboxylic acids is 1. The average Bonchev–Trinajstić information content (AvgIpc) is 3.19. The van der Waals surface area contributed by atoms with Gasteiger partial charge in [-0.2, -0.15) is 0 Å². The SMILES string of the molecule is O=C(NC1CCC(C(=O)O)CC1)c1csc(C2CCCO2)n1. The summed E-state index contributed by atoms with van der Waals surface area (Å²) >= 11 is 1.47. The minimum absolute atomic E-state index is 0.0394. The van der Waals surface area contributed by atoms with Crippen LogP contribution in [0.3, 0.4) is 0 Å². The molecule has 1 unspecified atom stereocenters. The zero-order chi connectivity index (χ0) is 15.5. The lowest BCUT2D eigenvalue weighted by atomic mass is 9.86. The number of ether oxygens (including phenoxy) is 1. The van der Waals surface area contributed by atoms with Gasteiger partial charge in [-0.05, 0) is 38.5 Å². The van der Waals surface area contributed by atoms with Gasteiger partial charge in [0, 0.05) is 18.0 Å². The molecular formula is C15H20N2O4S. The predicted molar refractivity (Wildman–Crippen MR) is 80.9 cm³/mol. The fourth-order valence-corrected chi connectivity index (χ4v) is 3.94. The zero-order valence-electron chi connectivity index (χ0n) is 12.3. The van der Waals surface area contributed by atoms with Crippen molar-refractivity contribution in [2.75, 3.05) is 6.61 Å². The van der Waals surface area contributed by atoms with Crippen molar-refractivity contribution in [1.29, 1.82) is 0 Å². The number of thiazole rings is 1. The molecule has 2 N–H and O–H groups in total. The number of amides is 1. The summed E-state index contributed by atoms with van der Waals surface area (Å²) in [6, 6.07) is 0.0518. The quantitative estimate of drug-likeness (QED) is 0.887. The Balaban J connectivity index is 1.53. The molecule has 1 atom stereocenters. The Hall–Kier alpha value is -1.47. The molecule has 1 saturated carbocycles. The second kappa shape index (κ2) is 6.75. The first-order valence-electron chi connectivity index (χ1n) is 7.74. The number of nitrogens with one attached hydrogen (secondary N) is 1. The van der Waals surface area contributed by atoms with Gasteiger partial charge in [-0.1, -0.05) is 0 Å². The summed E-state index contributed by atoms with van der Waals surface area (Å²) in [5.41, 5.74) is 0.441. The Bertz CT molecular complexity index is 545. The molecule has 3 rings (SSSR count). The van der Waals surface area contributed by atoms with Crippen molar-refractivity contribution in [3.05, 3.63) is 16.1 Å². The van der Waals surface area contributed by atoms with Gasteiger partial charge in [0.05, 0.1) is 5.92 Å². The highest BCUT2D eigenvalue weighted by atomic mass is 32.1. The Morgan fingerprint density at radius 2 is 2.05 bits per heavy atom. The van der Waals surface area contributed by atoms with Crippen LogP contribution < -0.4 is 5.32 Å². The predicted octanol–water partition coefficient (Wildman–Crippen LogP) is 2.37. The highest BCUT2D eigenvalue weighted by Gasteiger charge is 2.28. The van der Waals surface area contributed by atoms with E-state index in [0.29, 0.717) is 31.4 Å². The first kappa shape index (κ1) is 15.4. The summed E-state index contributed by atoms with van der Waals surface area (Å²) in [5, 5.41) is 14.6. The largest absolute Gasteiger partial charge is 0.481 e. The number of nitrogens with zero attached hydrogens (tertiary/aromatic N) is 1. The van der Waals surface area contributed by atoms with Gasteiger partial charge < -0.3 is 15.2 Å². The number of aliphatic carboxylic acids is 1. The van der Waals surface area contributed by atoms with Crippen molar-refractivity contribution in [2.45, 2.75) is 50.7 Å². The third kappa shape index (κ3) is 3.47. The second-order valence-corrected chi connectivity index (χ2v) is 6.82. The van der Waals surface area contributed by atoms with Crippen LogP contribution in [0.2, 0.25) is 0 Å². The average molecular weight is 324 g/mol. The van der Waals surface area contributed by atoms with E-state index in [4.69, 9.17) is 9.84 Å². The van der Waals surface area contributed by atoms with E-state index in [0.717, 1.165) is 24.5 Å². The molecule has 1 aromatic rings. The van der Waals surface area contributed by atoms with Crippen molar-refractivity contribution in [3.8, 4) is 0 Å². The van der Waals surface area contributed by atoms with Gasteiger partial charge in [-0.3, -0.25) is 9.59 Å². The molecule has 1 aliphatic carbocycles. The van der Waals surface area contributed by atoms with Crippen LogP contribution in [0.1, 0.15) is 60.1 Å². The van der Waals surface area contributed by atoms with Crippen molar-refractivity contribution < 1.29 is 19.4 Å². The minimum Gasteiger partial charge on any atom is -0.481 e. The van der Waals surface area contributed by atoms with Crippen LogP contribution in [0.25, 0.3) is 0 Å². The molecule has 1 saturated heterocycles. The number of rotatable bonds is 4. The maximum absolute atomic E-state index is 12.2. The minimum atomic E-state index is -0.731. The van der Waals surface area contributed by atoms with Crippen LogP contribution in [0.15, 0.2) is 5.38 Å². The van der Waals surface area contributed by atoms with Gasteiger partial charge in [0.15, 0.2) is 0 Å². The van der Waals surface area contributed by atoms with E-state index in [2.05, 4.69) is 10.3 Å². The standard InChI is InChI=1S/C15H20N2O4S/c18-13(16-10-5-3-9(4-6-10)15(19)20)11-8-22-14(17-11)12-2-1-7-21-12/h8-10,12H,1-7H2,(H,16,18)(H,19,20). The van der Waals surface area contributed by atoms with Crippen molar-refractivity contribution >= 4 is 23.2 Å². The molecule has 0 radical (unpaired) electrons. The van der Waals surface area contributed by atoms with Crippen molar-refractivity contribution in [3.63, 3.8) is 0 Å². The van der Waals surface area contributed by atoms with Gasteiger partial charge >= 0.3 is 5.97 Å². The summed E-state index contributed by atoms with van der Waals surface area (Å²) in [5.74, 6) is -1.16. The van der Waals surface area contributed by atoms with Crippen LogP contribution in [-0.2, 0) is 9.53 Å². The van der Waals surface area contributed by atoms with Crippen molar-refractivity contribution in [2.24, 2.45) is 5.92 Å². The Morgan fingerprint density at radius 3 is 2.68 bits per heavy atom. The smallest absolute Gasteiger partial charge is 0.306 e. The third-order valence-electron chi connectivity index (χ3n) is 4.37. The molecule has 1 aromatic heterocycles. The molecule has 0 spiro atoms. The Labute approximate surface area is 132 Å². The summed E-state index contributed by atoms with van der Waals surface area (Å²) in [6.07, 6.45) is 4.72. The number of carboxylic acid groups (broad SMARTS) is 1. The topological polar surface area (TPSA) is 88.5 Å². The molecule has 1 amide bonds. The van der Waals surface area contributed by atoms with Crippen LogP contribution in [0.5, 0.6) is 0 Å². The molecule has 2 heterocycles. The lowest BCUT2D eigenvalue weighted by Gasteiger charge is -2.26. The van der Waals surface area contributed by atoms with Gasteiger partial charge in [0.2, 0.25) is 0 Å². The van der Waals surface area contributed by atoms with Gasteiger partial charge in [0.25, 0.3) is 5.91 Å². The number of carbonyl (C=O) groups excluding carboxylic acids is 1. The second-order valence-electron chi connectivity index (χ2n) is 5.93. The van der Waals surface area contributed by atoms with Crippen LogP contribution in [-0.4, -0.2) is 34.6 Å². The summed E-state index contributed by atoms with van der Waals surface area (Å²) in [6.45, 7) is 0.762. The maximum atomic E-state index is 12.2. The molecule has 2 fully saturated rings. The highest BCUT2D eigenvalue weighted by Crippen LogP contribution is 2.30. The molecule has 1 aliphatic heterocycles. The Kier molecular flexibility index (Phi) is 4.73. The third-order valence-corrected chi connectivity index (χ3v) is 5.31. The fourth-order valence-electron chi connectivity index (χ4n) is 3.06. The lowest BCUT2D eigenvalue weighted by Crippen LogP contribution is -2.38. The molecule has 7 heteroatoms. The van der Waals surface area contributed by atoms with Gasteiger partial charge in [-0.15, -0.1) is 11.3 Å². The van der Waals surface area contributed by atoms with E-state index in [-0.39, 0.29) is 24.0 Å². The molecular weight excluding hydrogens is 304 g/mol. The van der Waals surface area contributed by atoms with E-state index >= 15 is 0 Å². The number of hydrogen-bond donors (Lipinski definition) is 2. The first-order valence-corrected chi connectivity index (χ1v) is 8.62. The molecule has 0 bridgehead atoms. The van der Waals surface area contributed by atoms with E-state index in [1.807, 2.05) is 0 Å². The molecule has 6 nitrogen and oxygen atoms in total. The van der Waals surface area contributed by atoms with E-state index in [1.54, 1.807) is 5.38 Å². The van der Waals surface area contributed by atoms with Gasteiger partial charge in [0.1, 0.15) is 16.8 Å². The van der Waals surface area contributed by atoms with E-state index in [1.165, 1.54) is 11.3 Å². The summed E-state index contributed by atoms with van der Waals surface area (Å²) < 4.78 is 5.58. The maximum Gasteiger partial charge on any atom is 0.306 e. The number of hydrogen-bond acceptors (Lipinski definition) is 5. The number of carbonyl (C=O) groups is 2. The van der Waals surface area contributed by atoms with Crippen LogP contribution >= 0.6 is 11.3 Å². The normalized spacial score (nSPS) is 28.5. The van der Waals surface area contributed by atoms with Crippen molar-refractivity contribution in [1.82, 2.24) is 10.3 Å². The fraction of sp³-hybridized carbons (Fsp3) is 0.667. The summed E-state index contributed by atoms with van der Waals surface area (Å²) in [7, 11) is 0. The lowest BCUT2D eigenvalue weighted by molar-refractivity contribution is -0.142. The molecule has 22 heavy (non-hydrogen) atoms. The van der Waals surface area contributed by atoms with Crippen LogP contribution in [0.4, 0.5) is 0 Å². The molecule has 2 aliphatic rings. The molecule has 120 valence electrons. The van der Waals surface area contributed by atoms with E-state index in [9.17, 15) is 9.59 Å². The Morgan fingerprint density at radius 1 is 1.27 bits per heavy atom. The number of aromatic nitrogens is 1. The molecule has 0 aromatic carbocycles.